The first-order valence-corrected chi connectivity index (χ1v) is 4.78. The minimum Gasteiger partial charge on any atom is -0.479 e. The van der Waals surface area contributed by atoms with Crippen molar-refractivity contribution in [2.24, 2.45) is 0 Å². The van der Waals surface area contributed by atoms with Crippen molar-refractivity contribution in [3.8, 4) is 5.75 Å². The Hall–Kier alpha value is -1.62. The Morgan fingerprint density at radius 1 is 1.44 bits per heavy atom. The second kappa shape index (κ2) is 4.94. The molecule has 1 unspecified atom stereocenters. The first-order valence-electron chi connectivity index (χ1n) is 4.78. The lowest BCUT2D eigenvalue weighted by Gasteiger charge is -2.15. The Balaban J connectivity index is 2.99. The summed E-state index contributed by atoms with van der Waals surface area (Å²) in [6.07, 6.45) is -1.98. The molecule has 0 fully saturated rings. The number of rotatable bonds is 4. The maximum atomic E-state index is 12.9. The number of aliphatic carboxylic acids is 1. The molecule has 4 nitrogen and oxygen atoms in total. The summed E-state index contributed by atoms with van der Waals surface area (Å²) in [5, 5.41) is 18.1. The molecule has 0 saturated carbocycles. The van der Waals surface area contributed by atoms with Crippen molar-refractivity contribution >= 4 is 5.97 Å². The molecule has 0 aliphatic heterocycles. The van der Waals surface area contributed by atoms with Gasteiger partial charge in [-0.15, -0.1) is 0 Å². The molecule has 16 heavy (non-hydrogen) atoms. The largest absolute Gasteiger partial charge is 0.479 e. The summed E-state index contributed by atoms with van der Waals surface area (Å²) in [6.45, 7) is 2.81. The Kier molecular flexibility index (Phi) is 3.84. The van der Waals surface area contributed by atoms with Gasteiger partial charge in [0.1, 0.15) is 11.6 Å². The molecule has 0 radical (unpaired) electrons. The van der Waals surface area contributed by atoms with E-state index >= 15 is 0 Å². The van der Waals surface area contributed by atoms with Gasteiger partial charge in [0, 0.05) is 5.56 Å². The number of hydrogen-bond acceptors (Lipinski definition) is 3. The third-order valence-electron chi connectivity index (χ3n) is 2.07. The van der Waals surface area contributed by atoms with Crippen molar-refractivity contribution in [2.45, 2.75) is 26.1 Å². The van der Waals surface area contributed by atoms with Crippen molar-refractivity contribution in [1.82, 2.24) is 0 Å². The number of aliphatic hydroxyl groups excluding tert-OH is 1. The third-order valence-corrected chi connectivity index (χ3v) is 2.07. The molecular weight excluding hydrogens is 215 g/mol. The van der Waals surface area contributed by atoms with Crippen molar-refractivity contribution in [2.75, 3.05) is 0 Å². The average molecular weight is 228 g/mol. The summed E-state index contributed by atoms with van der Waals surface area (Å²) < 4.78 is 18.0. The van der Waals surface area contributed by atoms with Crippen LogP contribution in [0.4, 0.5) is 4.39 Å². The van der Waals surface area contributed by atoms with Gasteiger partial charge in [-0.3, -0.25) is 0 Å². The lowest BCUT2D eigenvalue weighted by Crippen LogP contribution is -2.23. The summed E-state index contributed by atoms with van der Waals surface area (Å²) in [5.74, 6) is -1.46. The smallest absolute Gasteiger partial charge is 0.344 e. The van der Waals surface area contributed by atoms with Crippen LogP contribution in [0.25, 0.3) is 0 Å². The van der Waals surface area contributed by atoms with E-state index in [0.717, 1.165) is 12.1 Å². The Labute approximate surface area is 92.3 Å². The van der Waals surface area contributed by atoms with Crippen molar-refractivity contribution in [3.05, 3.63) is 29.6 Å². The topological polar surface area (TPSA) is 66.8 Å². The SMILES string of the molecule is CC(Oc1ccc(F)cc1[C@H](C)O)C(=O)O. The highest BCUT2D eigenvalue weighted by molar-refractivity contribution is 5.72. The summed E-state index contributed by atoms with van der Waals surface area (Å²) >= 11 is 0. The molecule has 5 heteroatoms. The average Bonchev–Trinajstić information content (AvgIpc) is 2.20. The van der Waals surface area contributed by atoms with Crippen LogP contribution >= 0.6 is 0 Å². The van der Waals surface area contributed by atoms with E-state index in [-0.39, 0.29) is 11.3 Å². The van der Waals surface area contributed by atoms with Crippen molar-refractivity contribution in [1.29, 1.82) is 0 Å². The van der Waals surface area contributed by atoms with Crippen molar-refractivity contribution in [3.63, 3.8) is 0 Å². The van der Waals surface area contributed by atoms with Crippen LogP contribution in [0.1, 0.15) is 25.5 Å². The van der Waals surface area contributed by atoms with Crippen LogP contribution in [0.15, 0.2) is 18.2 Å². The number of halogens is 1. The molecule has 0 aromatic heterocycles. The van der Waals surface area contributed by atoms with E-state index in [0.29, 0.717) is 0 Å². The number of hydrogen-bond donors (Lipinski definition) is 2. The van der Waals surface area contributed by atoms with Gasteiger partial charge < -0.3 is 14.9 Å². The Morgan fingerprint density at radius 3 is 2.56 bits per heavy atom. The number of aliphatic hydroxyl groups is 1. The molecule has 88 valence electrons. The number of carboxylic acids is 1. The summed E-state index contributed by atoms with van der Waals surface area (Å²) in [7, 11) is 0. The number of carboxylic acid groups (broad SMARTS) is 1. The minimum atomic E-state index is -1.12. The van der Waals surface area contributed by atoms with Crippen LogP contribution in [0.2, 0.25) is 0 Å². The quantitative estimate of drug-likeness (QED) is 0.823. The van der Waals surface area contributed by atoms with E-state index in [1.54, 1.807) is 0 Å². The molecule has 2 atom stereocenters. The third kappa shape index (κ3) is 2.93. The summed E-state index contributed by atoms with van der Waals surface area (Å²) in [5.41, 5.74) is 0.230. The second-order valence-corrected chi connectivity index (χ2v) is 3.46. The fourth-order valence-electron chi connectivity index (χ4n) is 1.19. The van der Waals surface area contributed by atoms with E-state index in [9.17, 15) is 14.3 Å². The van der Waals surface area contributed by atoms with Gasteiger partial charge in [-0.25, -0.2) is 9.18 Å². The van der Waals surface area contributed by atoms with Crippen LogP contribution in [0, 0.1) is 5.82 Å². The number of ether oxygens (including phenoxy) is 1. The first-order chi connectivity index (χ1) is 7.41. The van der Waals surface area contributed by atoms with E-state index in [1.807, 2.05) is 0 Å². The fourth-order valence-corrected chi connectivity index (χ4v) is 1.19. The summed E-state index contributed by atoms with van der Waals surface area (Å²) in [4.78, 5) is 10.6. The Morgan fingerprint density at radius 2 is 2.06 bits per heavy atom. The molecule has 1 aromatic carbocycles. The molecule has 1 rings (SSSR count). The van der Waals surface area contributed by atoms with Crippen molar-refractivity contribution < 1.29 is 24.1 Å². The zero-order valence-electron chi connectivity index (χ0n) is 8.98. The fraction of sp³-hybridized carbons (Fsp3) is 0.364. The van der Waals surface area contributed by atoms with Gasteiger partial charge in [-0.1, -0.05) is 0 Å². The maximum Gasteiger partial charge on any atom is 0.344 e. The van der Waals surface area contributed by atoms with Crippen LogP contribution < -0.4 is 4.74 Å². The molecule has 0 saturated heterocycles. The Bertz CT molecular complexity index is 390. The van der Waals surface area contributed by atoms with Gasteiger partial charge in [-0.05, 0) is 32.0 Å². The normalized spacial score (nSPS) is 14.2. The predicted molar refractivity (Wildman–Crippen MR) is 54.8 cm³/mol. The van der Waals surface area contributed by atoms with E-state index in [2.05, 4.69) is 0 Å². The highest BCUT2D eigenvalue weighted by atomic mass is 19.1. The van der Waals surface area contributed by atoms with Crippen LogP contribution in [-0.2, 0) is 4.79 Å². The first kappa shape index (κ1) is 12.4. The zero-order valence-corrected chi connectivity index (χ0v) is 8.98. The minimum absolute atomic E-state index is 0.173. The lowest BCUT2D eigenvalue weighted by molar-refractivity contribution is -0.144. The number of benzene rings is 1. The molecule has 0 bridgehead atoms. The van der Waals surface area contributed by atoms with E-state index < -0.39 is 24.0 Å². The summed E-state index contributed by atoms with van der Waals surface area (Å²) in [6, 6.07) is 3.57. The van der Waals surface area contributed by atoms with E-state index in [1.165, 1.54) is 19.9 Å². The van der Waals surface area contributed by atoms with E-state index in [4.69, 9.17) is 9.84 Å². The number of carbonyl (C=O) groups is 1. The highest BCUT2D eigenvalue weighted by Crippen LogP contribution is 2.26. The monoisotopic (exact) mass is 228 g/mol. The molecule has 0 aliphatic carbocycles. The van der Waals surface area contributed by atoms with Gasteiger partial charge in [0.05, 0.1) is 6.10 Å². The lowest BCUT2D eigenvalue weighted by atomic mass is 10.1. The van der Waals surface area contributed by atoms with Gasteiger partial charge in [-0.2, -0.15) is 0 Å². The molecular formula is C11H13FO4. The standard InChI is InChI=1S/C11H13FO4/c1-6(13)9-5-8(12)3-4-10(9)16-7(2)11(14)15/h3-7,13H,1-2H3,(H,14,15)/t6-,7?/m0/s1. The second-order valence-electron chi connectivity index (χ2n) is 3.46. The van der Waals surface area contributed by atoms with Crippen LogP contribution in [0.5, 0.6) is 5.75 Å². The van der Waals surface area contributed by atoms with Gasteiger partial charge >= 0.3 is 5.97 Å². The highest BCUT2D eigenvalue weighted by Gasteiger charge is 2.17. The van der Waals surface area contributed by atoms with Gasteiger partial charge in [0.15, 0.2) is 6.10 Å². The zero-order chi connectivity index (χ0) is 12.3. The predicted octanol–water partition coefficient (Wildman–Crippen LogP) is 1.73. The van der Waals surface area contributed by atoms with Crippen LogP contribution in [-0.4, -0.2) is 22.3 Å². The van der Waals surface area contributed by atoms with Gasteiger partial charge in [0.2, 0.25) is 0 Å². The maximum absolute atomic E-state index is 12.9. The molecule has 2 N–H and O–H groups in total. The van der Waals surface area contributed by atoms with Crippen LogP contribution in [0.3, 0.4) is 0 Å². The molecule has 1 aromatic rings. The molecule has 0 spiro atoms. The van der Waals surface area contributed by atoms with Gasteiger partial charge in [0.25, 0.3) is 0 Å². The molecule has 0 amide bonds. The molecule has 0 heterocycles. The molecule has 0 aliphatic rings.